The summed E-state index contributed by atoms with van der Waals surface area (Å²) in [4.78, 5) is 0. The summed E-state index contributed by atoms with van der Waals surface area (Å²) in [5.41, 5.74) is -0.384. The van der Waals surface area contributed by atoms with Gasteiger partial charge in [-0.25, -0.2) is 4.68 Å². The Morgan fingerprint density at radius 2 is 2.05 bits per heavy atom. The molecule has 0 atom stereocenters. The molecule has 2 rings (SSSR count). The molecule has 0 radical (unpaired) electrons. The number of nitrogens with one attached hydrogen (secondary N) is 1. The molecule has 1 N–H and O–H groups in total. The van der Waals surface area contributed by atoms with Crippen LogP contribution in [0.15, 0.2) is 24.4 Å². The fourth-order valence-corrected chi connectivity index (χ4v) is 1.91. The van der Waals surface area contributed by atoms with Crippen molar-refractivity contribution in [3.05, 3.63) is 40.7 Å². The number of hydrogen-bond acceptors (Lipinski definition) is 3. The second kappa shape index (κ2) is 6.03. The maximum Gasteiger partial charge on any atom is 0.418 e. The Hall–Kier alpha value is -1.60. The van der Waals surface area contributed by atoms with Gasteiger partial charge in [0.1, 0.15) is 0 Å². The zero-order valence-electron chi connectivity index (χ0n) is 11.4. The van der Waals surface area contributed by atoms with Crippen molar-refractivity contribution in [1.29, 1.82) is 0 Å². The molecule has 1 aromatic carbocycles. The van der Waals surface area contributed by atoms with Crippen molar-refractivity contribution < 1.29 is 13.2 Å². The van der Waals surface area contributed by atoms with Crippen molar-refractivity contribution in [3.8, 4) is 5.69 Å². The van der Waals surface area contributed by atoms with E-state index in [2.05, 4.69) is 15.6 Å². The van der Waals surface area contributed by atoms with Crippen molar-refractivity contribution in [2.75, 3.05) is 0 Å². The Balaban J connectivity index is 2.34. The maximum absolute atomic E-state index is 13.0. The van der Waals surface area contributed by atoms with Crippen LogP contribution < -0.4 is 5.32 Å². The monoisotopic (exact) mass is 318 g/mol. The molecule has 0 saturated heterocycles. The van der Waals surface area contributed by atoms with Crippen LogP contribution in [0.3, 0.4) is 0 Å². The average molecular weight is 319 g/mol. The van der Waals surface area contributed by atoms with Gasteiger partial charge in [0.25, 0.3) is 0 Å². The molecule has 8 heteroatoms. The third-order valence-corrected chi connectivity index (χ3v) is 2.98. The van der Waals surface area contributed by atoms with Crippen LogP contribution in [-0.4, -0.2) is 21.0 Å². The summed E-state index contributed by atoms with van der Waals surface area (Å²) in [6.07, 6.45) is -3.05. The molecular formula is C13H14ClF3N4. The van der Waals surface area contributed by atoms with Crippen LogP contribution in [0.2, 0.25) is 5.02 Å². The van der Waals surface area contributed by atoms with E-state index in [9.17, 15) is 13.2 Å². The molecule has 4 nitrogen and oxygen atoms in total. The van der Waals surface area contributed by atoms with E-state index in [0.717, 1.165) is 10.7 Å². The highest BCUT2D eigenvalue weighted by atomic mass is 35.5. The van der Waals surface area contributed by atoms with Crippen LogP contribution in [0.1, 0.15) is 25.1 Å². The SMILES string of the molecule is CC(C)NCc1cn(-c2ccc(Cl)cc2C(F)(F)F)nn1. The zero-order chi connectivity index (χ0) is 15.6. The highest BCUT2D eigenvalue weighted by Gasteiger charge is 2.34. The first-order valence-electron chi connectivity index (χ1n) is 6.29. The fourth-order valence-electron chi connectivity index (χ4n) is 1.74. The summed E-state index contributed by atoms with van der Waals surface area (Å²) in [6, 6.07) is 3.79. The van der Waals surface area contributed by atoms with E-state index in [-0.39, 0.29) is 16.8 Å². The molecule has 0 aliphatic heterocycles. The number of benzene rings is 1. The molecule has 0 fully saturated rings. The van der Waals surface area contributed by atoms with E-state index >= 15 is 0 Å². The predicted octanol–water partition coefficient (Wildman–Crippen LogP) is 3.44. The molecular weight excluding hydrogens is 305 g/mol. The minimum atomic E-state index is -4.51. The lowest BCUT2D eigenvalue weighted by Gasteiger charge is -2.12. The van der Waals surface area contributed by atoms with Crippen molar-refractivity contribution >= 4 is 11.6 Å². The zero-order valence-corrected chi connectivity index (χ0v) is 12.2. The molecule has 0 unspecified atom stereocenters. The number of halogens is 4. The van der Waals surface area contributed by atoms with Crippen LogP contribution in [0.25, 0.3) is 5.69 Å². The maximum atomic E-state index is 13.0. The molecule has 0 spiro atoms. The quantitative estimate of drug-likeness (QED) is 0.939. The van der Waals surface area contributed by atoms with Gasteiger partial charge in [-0.2, -0.15) is 13.2 Å². The Labute approximate surface area is 124 Å². The summed E-state index contributed by atoms with van der Waals surface area (Å²) in [5.74, 6) is 0. The number of rotatable bonds is 4. The molecule has 21 heavy (non-hydrogen) atoms. The summed E-state index contributed by atoms with van der Waals surface area (Å²) in [5, 5.41) is 10.8. The van der Waals surface area contributed by atoms with E-state index in [4.69, 9.17) is 11.6 Å². The lowest BCUT2D eigenvalue weighted by molar-refractivity contribution is -0.137. The van der Waals surface area contributed by atoms with Gasteiger partial charge in [0, 0.05) is 17.6 Å². The van der Waals surface area contributed by atoms with Gasteiger partial charge in [-0.3, -0.25) is 0 Å². The first kappa shape index (κ1) is 15.8. The molecule has 0 saturated carbocycles. The predicted molar refractivity (Wildman–Crippen MR) is 73.3 cm³/mol. The largest absolute Gasteiger partial charge is 0.418 e. The van der Waals surface area contributed by atoms with Gasteiger partial charge in [0.05, 0.1) is 23.1 Å². The second-order valence-corrected chi connectivity index (χ2v) is 5.29. The smallest absolute Gasteiger partial charge is 0.309 e. The van der Waals surface area contributed by atoms with Crippen molar-refractivity contribution in [2.24, 2.45) is 0 Å². The topological polar surface area (TPSA) is 42.7 Å². The Kier molecular flexibility index (Phi) is 4.53. The van der Waals surface area contributed by atoms with Gasteiger partial charge in [-0.1, -0.05) is 30.7 Å². The van der Waals surface area contributed by atoms with Crippen molar-refractivity contribution in [1.82, 2.24) is 20.3 Å². The number of hydrogen-bond donors (Lipinski definition) is 1. The van der Waals surface area contributed by atoms with E-state index in [0.29, 0.717) is 12.2 Å². The normalized spacial score (nSPS) is 12.1. The second-order valence-electron chi connectivity index (χ2n) is 4.85. The lowest BCUT2D eigenvalue weighted by atomic mass is 10.1. The molecule has 1 aromatic heterocycles. The molecule has 2 aromatic rings. The van der Waals surface area contributed by atoms with Crippen molar-refractivity contribution in [3.63, 3.8) is 0 Å². The third-order valence-electron chi connectivity index (χ3n) is 2.74. The molecule has 0 aliphatic rings. The van der Waals surface area contributed by atoms with E-state index < -0.39 is 11.7 Å². The van der Waals surface area contributed by atoms with Gasteiger partial charge < -0.3 is 5.32 Å². The molecule has 0 amide bonds. The standard InChI is InChI=1S/C13H14ClF3N4/c1-8(2)18-6-10-7-21(20-19-10)12-4-3-9(14)5-11(12)13(15,16)17/h3-5,7-8,18H,6H2,1-2H3. The van der Waals surface area contributed by atoms with E-state index in [1.165, 1.54) is 18.3 Å². The minimum Gasteiger partial charge on any atom is -0.309 e. The van der Waals surface area contributed by atoms with Crippen molar-refractivity contribution in [2.45, 2.75) is 32.6 Å². The Bertz CT molecular complexity index is 622. The summed E-state index contributed by atoms with van der Waals surface area (Å²) < 4.78 is 40.2. The van der Waals surface area contributed by atoms with Gasteiger partial charge >= 0.3 is 6.18 Å². The fraction of sp³-hybridized carbons (Fsp3) is 0.385. The lowest BCUT2D eigenvalue weighted by Crippen LogP contribution is -2.21. The van der Waals surface area contributed by atoms with Gasteiger partial charge in [0.2, 0.25) is 0 Å². The number of nitrogens with zero attached hydrogens (tertiary/aromatic N) is 3. The van der Waals surface area contributed by atoms with Crippen LogP contribution >= 0.6 is 11.6 Å². The van der Waals surface area contributed by atoms with Gasteiger partial charge in [-0.05, 0) is 18.2 Å². The van der Waals surface area contributed by atoms with E-state index in [1.54, 1.807) is 0 Å². The minimum absolute atomic E-state index is 0.0212. The molecule has 0 bridgehead atoms. The van der Waals surface area contributed by atoms with Gasteiger partial charge in [0.15, 0.2) is 0 Å². The first-order valence-corrected chi connectivity index (χ1v) is 6.67. The Morgan fingerprint density at radius 1 is 1.33 bits per heavy atom. The molecule has 114 valence electrons. The number of aromatic nitrogens is 3. The van der Waals surface area contributed by atoms with Crippen LogP contribution in [-0.2, 0) is 12.7 Å². The van der Waals surface area contributed by atoms with Crippen LogP contribution in [0.5, 0.6) is 0 Å². The van der Waals surface area contributed by atoms with Gasteiger partial charge in [-0.15, -0.1) is 5.10 Å². The number of alkyl halides is 3. The molecule has 0 aliphatic carbocycles. The van der Waals surface area contributed by atoms with Crippen LogP contribution in [0.4, 0.5) is 13.2 Å². The summed E-state index contributed by atoms with van der Waals surface area (Å²) in [6.45, 7) is 4.36. The third kappa shape index (κ3) is 3.95. The first-order chi connectivity index (χ1) is 9.77. The highest BCUT2D eigenvalue weighted by molar-refractivity contribution is 6.30. The summed E-state index contributed by atoms with van der Waals surface area (Å²) >= 11 is 5.64. The highest BCUT2D eigenvalue weighted by Crippen LogP contribution is 2.35. The molecule has 1 heterocycles. The Morgan fingerprint density at radius 3 is 2.67 bits per heavy atom. The van der Waals surface area contributed by atoms with E-state index in [1.807, 2.05) is 13.8 Å². The average Bonchev–Trinajstić information content (AvgIpc) is 2.84. The summed E-state index contributed by atoms with van der Waals surface area (Å²) in [7, 11) is 0. The van der Waals surface area contributed by atoms with Crippen LogP contribution in [0, 0.1) is 0 Å².